The van der Waals surface area contributed by atoms with Crippen molar-refractivity contribution in [1.29, 1.82) is 0 Å². The van der Waals surface area contributed by atoms with Gasteiger partial charge in [-0.15, -0.1) is 0 Å². The van der Waals surface area contributed by atoms with Crippen molar-refractivity contribution in [2.24, 2.45) is 5.41 Å². The fourth-order valence-corrected chi connectivity index (χ4v) is 3.90. The van der Waals surface area contributed by atoms with Gasteiger partial charge in [0.1, 0.15) is 0 Å². The van der Waals surface area contributed by atoms with Crippen molar-refractivity contribution in [3.05, 3.63) is 36.0 Å². The molecule has 0 spiro atoms. The van der Waals surface area contributed by atoms with Crippen LogP contribution in [-0.4, -0.2) is 23.2 Å². The van der Waals surface area contributed by atoms with Gasteiger partial charge in [-0.3, -0.25) is 4.79 Å². The lowest BCUT2D eigenvalue weighted by Crippen LogP contribution is -2.57. The molecule has 0 aromatic rings. The number of carboxylic acid groups (broad SMARTS) is 1. The number of carbonyl (C=O) groups is 1. The lowest BCUT2D eigenvalue weighted by Gasteiger charge is -2.52. The first-order valence-electron chi connectivity index (χ1n) is 7.57. The van der Waals surface area contributed by atoms with Gasteiger partial charge in [0.15, 0.2) is 0 Å². The smallest absolute Gasteiger partial charge is 0.309 e. The minimum Gasteiger partial charge on any atom is -0.481 e. The molecule has 3 heteroatoms. The second kappa shape index (κ2) is 4.88. The standard InChI is InChI=1S/C17H23NO2/c1-13-3-2-4-14(11-13)12-18-17-8-5-16(6-9-17,7-10-17)15(19)20/h2,4,11,18H,1,3,5-10,12H2,(H,19,20). The van der Waals surface area contributed by atoms with E-state index in [4.69, 9.17) is 0 Å². The molecule has 3 fully saturated rings. The molecule has 0 heterocycles. The van der Waals surface area contributed by atoms with Crippen LogP contribution in [0, 0.1) is 5.41 Å². The van der Waals surface area contributed by atoms with E-state index in [9.17, 15) is 9.90 Å². The van der Waals surface area contributed by atoms with Gasteiger partial charge >= 0.3 is 5.97 Å². The molecule has 20 heavy (non-hydrogen) atoms. The van der Waals surface area contributed by atoms with E-state index in [-0.39, 0.29) is 5.54 Å². The summed E-state index contributed by atoms with van der Waals surface area (Å²) >= 11 is 0. The Labute approximate surface area is 120 Å². The third kappa shape index (κ3) is 2.35. The number of hydrogen-bond donors (Lipinski definition) is 2. The molecule has 0 aromatic carbocycles. The van der Waals surface area contributed by atoms with E-state index in [0.29, 0.717) is 0 Å². The van der Waals surface area contributed by atoms with Crippen molar-refractivity contribution in [3.8, 4) is 0 Å². The SMILES string of the molecule is C=C1C=C(CNC23CCC(C(=O)O)(CC2)CC3)C=CC1. The highest BCUT2D eigenvalue weighted by atomic mass is 16.4. The summed E-state index contributed by atoms with van der Waals surface area (Å²) in [6.07, 6.45) is 12.9. The average molecular weight is 273 g/mol. The fourth-order valence-electron chi connectivity index (χ4n) is 3.90. The molecule has 2 bridgehead atoms. The Morgan fingerprint density at radius 2 is 1.90 bits per heavy atom. The molecule has 4 rings (SSSR count). The Bertz CT molecular complexity index is 477. The predicted octanol–water partition coefficient (Wildman–Crippen LogP) is 3.20. The average Bonchev–Trinajstić information content (AvgIpc) is 2.47. The summed E-state index contributed by atoms with van der Waals surface area (Å²) in [5, 5.41) is 13.1. The lowest BCUT2D eigenvalue weighted by molar-refractivity contribution is -0.156. The van der Waals surface area contributed by atoms with Crippen molar-refractivity contribution in [3.63, 3.8) is 0 Å². The summed E-state index contributed by atoms with van der Waals surface area (Å²) in [5.41, 5.74) is 2.21. The van der Waals surface area contributed by atoms with E-state index in [1.165, 1.54) is 11.1 Å². The predicted molar refractivity (Wildman–Crippen MR) is 79.5 cm³/mol. The largest absolute Gasteiger partial charge is 0.481 e. The molecule has 0 radical (unpaired) electrons. The van der Waals surface area contributed by atoms with Crippen LogP contribution < -0.4 is 5.32 Å². The topological polar surface area (TPSA) is 49.3 Å². The van der Waals surface area contributed by atoms with Crippen LogP contribution in [0.1, 0.15) is 44.9 Å². The van der Waals surface area contributed by atoms with Crippen molar-refractivity contribution in [2.45, 2.75) is 50.5 Å². The van der Waals surface area contributed by atoms with Crippen molar-refractivity contribution in [2.75, 3.05) is 6.54 Å². The zero-order valence-electron chi connectivity index (χ0n) is 12.0. The Balaban J connectivity index is 1.61. The van der Waals surface area contributed by atoms with Gasteiger partial charge < -0.3 is 10.4 Å². The van der Waals surface area contributed by atoms with Crippen molar-refractivity contribution in [1.82, 2.24) is 5.32 Å². The minimum atomic E-state index is -0.583. The van der Waals surface area contributed by atoms with Gasteiger partial charge in [0.2, 0.25) is 0 Å². The molecule has 0 unspecified atom stereocenters. The van der Waals surface area contributed by atoms with E-state index >= 15 is 0 Å². The molecule has 4 aliphatic carbocycles. The summed E-state index contributed by atoms with van der Waals surface area (Å²) in [5.74, 6) is -0.583. The Morgan fingerprint density at radius 3 is 2.45 bits per heavy atom. The Kier molecular flexibility index (Phi) is 3.33. The summed E-state index contributed by atoms with van der Waals surface area (Å²) < 4.78 is 0. The monoisotopic (exact) mass is 273 g/mol. The maximum Gasteiger partial charge on any atom is 0.309 e. The van der Waals surface area contributed by atoms with Gasteiger partial charge in [-0.25, -0.2) is 0 Å². The molecular formula is C17H23NO2. The Morgan fingerprint density at radius 1 is 1.25 bits per heavy atom. The first-order valence-corrected chi connectivity index (χ1v) is 7.57. The van der Waals surface area contributed by atoms with E-state index in [1.54, 1.807) is 0 Å². The van der Waals surface area contributed by atoms with Crippen LogP contribution in [0.4, 0.5) is 0 Å². The minimum absolute atomic E-state index is 0.171. The highest BCUT2D eigenvalue weighted by molar-refractivity contribution is 5.75. The second-order valence-corrected chi connectivity index (χ2v) is 6.70. The maximum absolute atomic E-state index is 11.4. The van der Waals surface area contributed by atoms with Crippen molar-refractivity contribution < 1.29 is 9.90 Å². The number of rotatable bonds is 4. The fraction of sp³-hybridized carbons (Fsp3) is 0.588. The van der Waals surface area contributed by atoms with Gasteiger partial charge in [-0.2, -0.15) is 0 Å². The number of fused-ring (bicyclic) bond motifs is 3. The van der Waals surface area contributed by atoms with Crippen LogP contribution >= 0.6 is 0 Å². The zero-order valence-corrected chi connectivity index (χ0v) is 12.0. The van der Waals surface area contributed by atoms with Gasteiger partial charge in [0, 0.05) is 12.1 Å². The second-order valence-electron chi connectivity index (χ2n) is 6.70. The van der Waals surface area contributed by atoms with Gasteiger partial charge in [-0.1, -0.05) is 30.4 Å². The summed E-state index contributed by atoms with van der Waals surface area (Å²) in [7, 11) is 0. The first kappa shape index (κ1) is 13.6. The number of aliphatic carboxylic acids is 1. The molecule has 0 aromatic heterocycles. The van der Waals surface area contributed by atoms with Crippen LogP contribution in [0.3, 0.4) is 0 Å². The number of allylic oxidation sites excluding steroid dienone is 3. The molecule has 108 valence electrons. The molecule has 0 amide bonds. The van der Waals surface area contributed by atoms with E-state index in [0.717, 1.165) is 51.5 Å². The molecule has 0 atom stereocenters. The summed E-state index contributed by atoms with van der Waals surface area (Å²) in [6.45, 7) is 4.88. The normalized spacial score (nSPS) is 36.0. The van der Waals surface area contributed by atoms with Crippen LogP contribution in [0.15, 0.2) is 36.0 Å². The van der Waals surface area contributed by atoms with E-state index in [2.05, 4.69) is 30.1 Å². The van der Waals surface area contributed by atoms with Crippen molar-refractivity contribution >= 4 is 5.97 Å². The molecule has 3 nitrogen and oxygen atoms in total. The summed E-state index contributed by atoms with van der Waals surface area (Å²) in [4.78, 5) is 11.4. The maximum atomic E-state index is 11.4. The number of nitrogens with one attached hydrogen (secondary N) is 1. The third-order valence-electron chi connectivity index (χ3n) is 5.47. The lowest BCUT2D eigenvalue weighted by atomic mass is 9.57. The van der Waals surface area contributed by atoms with Crippen LogP contribution in [0.25, 0.3) is 0 Å². The molecular weight excluding hydrogens is 250 g/mol. The first-order chi connectivity index (χ1) is 9.54. The number of carboxylic acids is 1. The van der Waals surface area contributed by atoms with E-state index in [1.807, 2.05) is 0 Å². The summed E-state index contributed by atoms with van der Waals surface area (Å²) in [6, 6.07) is 0. The molecule has 4 aliphatic rings. The molecule has 0 aliphatic heterocycles. The highest BCUT2D eigenvalue weighted by Crippen LogP contribution is 2.52. The van der Waals surface area contributed by atoms with Crippen LogP contribution in [0.2, 0.25) is 0 Å². The zero-order chi connectivity index (χ0) is 14.2. The van der Waals surface area contributed by atoms with Crippen LogP contribution in [-0.2, 0) is 4.79 Å². The van der Waals surface area contributed by atoms with Gasteiger partial charge in [0.25, 0.3) is 0 Å². The highest BCUT2D eigenvalue weighted by Gasteiger charge is 2.52. The number of hydrogen-bond acceptors (Lipinski definition) is 2. The molecule has 0 saturated heterocycles. The quantitative estimate of drug-likeness (QED) is 0.827. The van der Waals surface area contributed by atoms with Gasteiger partial charge in [-0.05, 0) is 50.5 Å². The molecule has 2 N–H and O–H groups in total. The van der Waals surface area contributed by atoms with E-state index < -0.39 is 11.4 Å². The Hall–Kier alpha value is -1.35. The van der Waals surface area contributed by atoms with Crippen LogP contribution in [0.5, 0.6) is 0 Å². The molecule has 3 saturated carbocycles. The van der Waals surface area contributed by atoms with Gasteiger partial charge in [0.05, 0.1) is 5.41 Å². The third-order valence-corrected chi connectivity index (χ3v) is 5.47.